The quantitative estimate of drug-likeness (QED) is 0.742. The summed E-state index contributed by atoms with van der Waals surface area (Å²) in [5, 5.41) is 3.41. The van der Waals surface area contributed by atoms with E-state index in [-0.39, 0.29) is 6.04 Å². The highest BCUT2D eigenvalue weighted by Crippen LogP contribution is 2.19. The SMILES string of the molecule is CC(NCCCOCC1CCCO1)c1ccc(Br)o1. The van der Waals surface area contributed by atoms with Crippen LogP contribution in [-0.2, 0) is 9.47 Å². The molecule has 0 amide bonds. The molecule has 19 heavy (non-hydrogen) atoms. The summed E-state index contributed by atoms with van der Waals surface area (Å²) < 4.78 is 17.4. The first kappa shape index (κ1) is 15.0. The Morgan fingerprint density at radius 1 is 1.53 bits per heavy atom. The number of hydrogen-bond donors (Lipinski definition) is 1. The molecule has 108 valence electrons. The van der Waals surface area contributed by atoms with Crippen LogP contribution in [0, 0.1) is 0 Å². The Bertz CT molecular complexity index is 363. The molecule has 0 radical (unpaired) electrons. The Morgan fingerprint density at radius 3 is 3.11 bits per heavy atom. The molecule has 0 spiro atoms. The van der Waals surface area contributed by atoms with Crippen molar-refractivity contribution in [1.82, 2.24) is 5.32 Å². The van der Waals surface area contributed by atoms with Crippen molar-refractivity contribution in [1.29, 1.82) is 0 Å². The zero-order valence-corrected chi connectivity index (χ0v) is 12.9. The second kappa shape index (κ2) is 8.04. The van der Waals surface area contributed by atoms with Gasteiger partial charge in [0.25, 0.3) is 0 Å². The molecule has 1 fully saturated rings. The van der Waals surface area contributed by atoms with Crippen molar-refractivity contribution in [3.8, 4) is 0 Å². The summed E-state index contributed by atoms with van der Waals surface area (Å²) in [7, 11) is 0. The van der Waals surface area contributed by atoms with Gasteiger partial charge in [-0.15, -0.1) is 0 Å². The summed E-state index contributed by atoms with van der Waals surface area (Å²) in [5.41, 5.74) is 0. The predicted molar refractivity (Wildman–Crippen MR) is 77.2 cm³/mol. The molecule has 0 saturated carbocycles. The molecule has 1 aromatic rings. The fourth-order valence-corrected chi connectivity index (χ4v) is 2.46. The van der Waals surface area contributed by atoms with E-state index < -0.39 is 0 Å². The molecule has 1 saturated heterocycles. The number of halogens is 1. The van der Waals surface area contributed by atoms with E-state index in [1.807, 2.05) is 12.1 Å². The van der Waals surface area contributed by atoms with Crippen LogP contribution in [0.25, 0.3) is 0 Å². The zero-order chi connectivity index (χ0) is 13.5. The first-order chi connectivity index (χ1) is 9.25. The lowest BCUT2D eigenvalue weighted by molar-refractivity contribution is 0.0165. The fraction of sp³-hybridized carbons (Fsp3) is 0.714. The molecule has 0 aromatic carbocycles. The van der Waals surface area contributed by atoms with Crippen LogP contribution in [0.4, 0.5) is 0 Å². The van der Waals surface area contributed by atoms with Crippen LogP contribution in [-0.4, -0.2) is 32.5 Å². The van der Waals surface area contributed by atoms with Gasteiger partial charge in [0.2, 0.25) is 0 Å². The number of nitrogens with one attached hydrogen (secondary N) is 1. The molecular formula is C14H22BrNO3. The van der Waals surface area contributed by atoms with Gasteiger partial charge in [0.15, 0.2) is 4.67 Å². The Hall–Kier alpha value is -0.360. The predicted octanol–water partition coefficient (Wildman–Crippen LogP) is 3.28. The Labute approximate surface area is 123 Å². The van der Waals surface area contributed by atoms with Crippen LogP contribution in [0.3, 0.4) is 0 Å². The second-order valence-corrected chi connectivity index (χ2v) is 5.66. The third-order valence-electron chi connectivity index (χ3n) is 3.26. The summed E-state index contributed by atoms with van der Waals surface area (Å²) in [6, 6.07) is 4.12. The van der Waals surface area contributed by atoms with Gasteiger partial charge < -0.3 is 19.2 Å². The van der Waals surface area contributed by atoms with E-state index in [0.29, 0.717) is 6.10 Å². The largest absolute Gasteiger partial charge is 0.453 e. The minimum Gasteiger partial charge on any atom is -0.453 e. The summed E-state index contributed by atoms with van der Waals surface area (Å²) in [5.74, 6) is 0.951. The van der Waals surface area contributed by atoms with Gasteiger partial charge in [-0.3, -0.25) is 0 Å². The molecule has 1 aliphatic rings. The second-order valence-electron chi connectivity index (χ2n) is 4.88. The summed E-state index contributed by atoms with van der Waals surface area (Å²) in [6.45, 7) is 5.43. The van der Waals surface area contributed by atoms with E-state index in [1.165, 1.54) is 6.42 Å². The van der Waals surface area contributed by atoms with Crippen molar-refractivity contribution in [2.45, 2.75) is 38.3 Å². The van der Waals surface area contributed by atoms with E-state index in [9.17, 15) is 0 Å². The molecule has 2 heterocycles. The van der Waals surface area contributed by atoms with Crippen LogP contribution < -0.4 is 5.32 Å². The van der Waals surface area contributed by atoms with Gasteiger partial charge >= 0.3 is 0 Å². The van der Waals surface area contributed by atoms with Gasteiger partial charge in [-0.2, -0.15) is 0 Å². The van der Waals surface area contributed by atoms with Crippen LogP contribution in [0.15, 0.2) is 21.2 Å². The molecule has 2 rings (SSSR count). The normalized spacial score (nSPS) is 20.8. The summed E-state index contributed by atoms with van der Waals surface area (Å²) in [4.78, 5) is 0. The maximum absolute atomic E-state index is 5.61. The zero-order valence-electron chi connectivity index (χ0n) is 11.4. The molecular weight excluding hydrogens is 310 g/mol. The summed E-state index contributed by atoms with van der Waals surface area (Å²) in [6.07, 6.45) is 3.64. The lowest BCUT2D eigenvalue weighted by atomic mass is 10.2. The number of hydrogen-bond acceptors (Lipinski definition) is 4. The topological polar surface area (TPSA) is 43.6 Å². The van der Waals surface area contributed by atoms with Gasteiger partial charge in [-0.05, 0) is 60.8 Å². The number of ether oxygens (including phenoxy) is 2. The summed E-state index contributed by atoms with van der Waals surface area (Å²) >= 11 is 3.31. The lowest BCUT2D eigenvalue weighted by Crippen LogP contribution is -2.21. The molecule has 1 aliphatic heterocycles. The Balaban J connectivity index is 1.49. The van der Waals surface area contributed by atoms with Crippen molar-refractivity contribution < 1.29 is 13.9 Å². The van der Waals surface area contributed by atoms with E-state index in [4.69, 9.17) is 13.9 Å². The smallest absolute Gasteiger partial charge is 0.169 e. The van der Waals surface area contributed by atoms with Crippen molar-refractivity contribution in [2.75, 3.05) is 26.4 Å². The van der Waals surface area contributed by atoms with Crippen molar-refractivity contribution in [3.63, 3.8) is 0 Å². The Morgan fingerprint density at radius 2 is 2.42 bits per heavy atom. The third-order valence-corrected chi connectivity index (χ3v) is 3.69. The number of furan rings is 1. The van der Waals surface area contributed by atoms with Crippen LogP contribution >= 0.6 is 15.9 Å². The van der Waals surface area contributed by atoms with Gasteiger partial charge in [-0.1, -0.05) is 0 Å². The highest BCUT2D eigenvalue weighted by molar-refractivity contribution is 9.10. The number of rotatable bonds is 8. The Kier molecular flexibility index (Phi) is 6.37. The molecule has 0 aliphatic carbocycles. The molecule has 4 nitrogen and oxygen atoms in total. The molecule has 0 bridgehead atoms. The fourth-order valence-electron chi connectivity index (χ4n) is 2.14. The first-order valence-corrected chi connectivity index (χ1v) is 7.73. The maximum atomic E-state index is 5.61. The molecule has 5 heteroatoms. The standard InChI is InChI=1S/C14H22BrNO3/c1-11(13-5-6-14(15)19-13)16-7-3-8-17-10-12-4-2-9-18-12/h5-6,11-12,16H,2-4,7-10H2,1H3. The monoisotopic (exact) mass is 331 g/mol. The molecule has 2 atom stereocenters. The highest BCUT2D eigenvalue weighted by Gasteiger charge is 2.15. The minimum atomic E-state index is 0.226. The maximum Gasteiger partial charge on any atom is 0.169 e. The first-order valence-electron chi connectivity index (χ1n) is 6.93. The molecule has 1 N–H and O–H groups in total. The average Bonchev–Trinajstić information content (AvgIpc) is 3.04. The van der Waals surface area contributed by atoms with Crippen LogP contribution in [0.2, 0.25) is 0 Å². The lowest BCUT2D eigenvalue weighted by Gasteiger charge is -2.12. The van der Waals surface area contributed by atoms with Crippen LogP contribution in [0.5, 0.6) is 0 Å². The van der Waals surface area contributed by atoms with Gasteiger partial charge in [0.1, 0.15) is 5.76 Å². The van der Waals surface area contributed by atoms with E-state index in [2.05, 4.69) is 28.2 Å². The molecule has 2 unspecified atom stereocenters. The van der Waals surface area contributed by atoms with Crippen molar-refractivity contribution >= 4 is 15.9 Å². The van der Waals surface area contributed by atoms with Gasteiger partial charge in [0, 0.05) is 13.2 Å². The van der Waals surface area contributed by atoms with Crippen LogP contribution in [0.1, 0.15) is 38.0 Å². The average molecular weight is 332 g/mol. The minimum absolute atomic E-state index is 0.226. The van der Waals surface area contributed by atoms with E-state index in [1.54, 1.807) is 0 Å². The third kappa shape index (κ3) is 5.26. The van der Waals surface area contributed by atoms with E-state index in [0.717, 1.165) is 49.6 Å². The van der Waals surface area contributed by atoms with Crippen molar-refractivity contribution in [3.05, 3.63) is 22.6 Å². The van der Waals surface area contributed by atoms with Crippen molar-refractivity contribution in [2.24, 2.45) is 0 Å². The van der Waals surface area contributed by atoms with Gasteiger partial charge in [0.05, 0.1) is 18.8 Å². The highest BCUT2D eigenvalue weighted by atomic mass is 79.9. The van der Waals surface area contributed by atoms with Gasteiger partial charge in [-0.25, -0.2) is 0 Å². The van der Waals surface area contributed by atoms with E-state index >= 15 is 0 Å². The molecule has 1 aromatic heterocycles.